The third-order valence-electron chi connectivity index (χ3n) is 3.80. The lowest BCUT2D eigenvalue weighted by atomic mass is 9.62. The molecule has 0 aliphatic heterocycles. The van der Waals surface area contributed by atoms with Crippen LogP contribution in [0, 0.1) is 5.92 Å². The number of halogens is 2. The molecule has 1 aliphatic rings. The number of nitrogens with two attached hydrogens (primary N) is 1. The molecule has 2 N–H and O–H groups in total. The van der Waals surface area contributed by atoms with E-state index in [4.69, 9.17) is 5.73 Å². The van der Waals surface area contributed by atoms with Crippen LogP contribution in [-0.2, 0) is 11.8 Å². The number of hydrogen-bond acceptors (Lipinski definition) is 1. The second-order valence-electron chi connectivity index (χ2n) is 5.99. The fourth-order valence-electron chi connectivity index (χ4n) is 2.87. The molecule has 0 heterocycles. The molecule has 100 valence electrons. The first kappa shape index (κ1) is 13.5. The average Bonchev–Trinajstić information content (AvgIpc) is 2.25. The van der Waals surface area contributed by atoms with E-state index in [2.05, 4.69) is 13.8 Å². The maximum atomic E-state index is 13.1. The maximum Gasteiger partial charge on any atom is 0.250 e. The fourth-order valence-corrected chi connectivity index (χ4v) is 2.87. The molecule has 0 atom stereocenters. The molecule has 1 fully saturated rings. The van der Waals surface area contributed by atoms with Gasteiger partial charge in [-0.3, -0.25) is 0 Å². The van der Waals surface area contributed by atoms with Crippen LogP contribution in [0.5, 0.6) is 0 Å². The van der Waals surface area contributed by atoms with Gasteiger partial charge < -0.3 is 5.73 Å². The summed E-state index contributed by atoms with van der Waals surface area (Å²) >= 11 is 0. The normalized spacial score (nSPS) is 20.8. The van der Waals surface area contributed by atoms with Crippen molar-refractivity contribution in [2.24, 2.45) is 11.7 Å². The quantitative estimate of drug-likeness (QED) is 0.873. The van der Waals surface area contributed by atoms with E-state index in [1.165, 1.54) is 5.56 Å². The van der Waals surface area contributed by atoms with Gasteiger partial charge in [0, 0.05) is 24.8 Å². The molecule has 1 saturated carbocycles. The van der Waals surface area contributed by atoms with Gasteiger partial charge in [0.05, 0.1) is 0 Å². The van der Waals surface area contributed by atoms with Crippen LogP contribution in [0.15, 0.2) is 24.3 Å². The summed E-state index contributed by atoms with van der Waals surface area (Å²) in [5, 5.41) is 0. The average molecular weight is 253 g/mol. The summed E-state index contributed by atoms with van der Waals surface area (Å²) in [4.78, 5) is 0. The molecule has 0 amide bonds. The molecule has 1 nitrogen and oxygen atoms in total. The van der Waals surface area contributed by atoms with Crippen molar-refractivity contribution in [1.29, 1.82) is 0 Å². The van der Waals surface area contributed by atoms with Crippen LogP contribution in [0.25, 0.3) is 0 Å². The number of alkyl halides is 2. The Balaban J connectivity index is 2.14. The van der Waals surface area contributed by atoms with Gasteiger partial charge in [-0.25, -0.2) is 8.78 Å². The van der Waals surface area contributed by atoms with Gasteiger partial charge in [-0.1, -0.05) is 38.1 Å². The van der Waals surface area contributed by atoms with Crippen LogP contribution >= 0.6 is 0 Å². The second-order valence-corrected chi connectivity index (χ2v) is 5.99. The second kappa shape index (κ2) is 4.61. The van der Waals surface area contributed by atoms with E-state index in [9.17, 15) is 8.78 Å². The van der Waals surface area contributed by atoms with Crippen LogP contribution in [0.4, 0.5) is 8.78 Å². The van der Waals surface area contributed by atoms with E-state index in [-0.39, 0.29) is 12.8 Å². The third kappa shape index (κ3) is 2.56. The Morgan fingerprint density at radius 3 is 2.11 bits per heavy atom. The van der Waals surface area contributed by atoms with Crippen molar-refractivity contribution in [2.45, 2.75) is 44.4 Å². The first-order chi connectivity index (χ1) is 8.37. The zero-order chi connectivity index (χ0) is 13.4. The Bertz CT molecular complexity index is 401. The van der Waals surface area contributed by atoms with E-state index in [1.807, 2.05) is 24.3 Å². The van der Waals surface area contributed by atoms with Crippen molar-refractivity contribution in [3.63, 3.8) is 0 Å². The molecule has 0 radical (unpaired) electrons. The molecule has 18 heavy (non-hydrogen) atoms. The van der Waals surface area contributed by atoms with Gasteiger partial charge in [-0.15, -0.1) is 0 Å². The van der Waals surface area contributed by atoms with E-state index < -0.39 is 11.3 Å². The Labute approximate surface area is 107 Å². The minimum absolute atomic E-state index is 0.111. The smallest absolute Gasteiger partial charge is 0.250 e. The van der Waals surface area contributed by atoms with Crippen molar-refractivity contribution < 1.29 is 8.78 Å². The number of benzene rings is 1. The molecule has 3 heteroatoms. The maximum absolute atomic E-state index is 13.1. The van der Waals surface area contributed by atoms with Gasteiger partial charge in [0.25, 0.3) is 0 Å². The summed E-state index contributed by atoms with van der Waals surface area (Å²) in [7, 11) is 0. The highest BCUT2D eigenvalue weighted by atomic mass is 19.3. The summed E-state index contributed by atoms with van der Waals surface area (Å²) < 4.78 is 26.2. The first-order valence-corrected chi connectivity index (χ1v) is 6.54. The lowest BCUT2D eigenvalue weighted by Crippen LogP contribution is -2.53. The number of rotatable bonds is 4. The van der Waals surface area contributed by atoms with Crippen molar-refractivity contribution >= 4 is 0 Å². The van der Waals surface area contributed by atoms with E-state index in [1.54, 1.807) is 0 Å². The Hall–Kier alpha value is -0.960. The molecule has 2 rings (SSSR count). The summed E-state index contributed by atoms with van der Waals surface area (Å²) in [6.07, 6.45) is 0.798. The van der Waals surface area contributed by atoms with Crippen molar-refractivity contribution in [2.75, 3.05) is 6.54 Å². The van der Waals surface area contributed by atoms with Gasteiger partial charge in [0.2, 0.25) is 5.92 Å². The van der Waals surface area contributed by atoms with Gasteiger partial charge in [0.1, 0.15) is 0 Å². The van der Waals surface area contributed by atoms with Crippen LogP contribution in [-0.4, -0.2) is 12.5 Å². The largest absolute Gasteiger partial charge is 0.330 e. The highest BCUT2D eigenvalue weighted by molar-refractivity contribution is 5.33. The number of hydrogen-bond donors (Lipinski definition) is 1. The van der Waals surface area contributed by atoms with Crippen molar-refractivity contribution in [3.05, 3.63) is 35.4 Å². The summed E-state index contributed by atoms with van der Waals surface area (Å²) in [5.41, 5.74) is 7.43. The van der Waals surface area contributed by atoms with Gasteiger partial charge in [-0.05, 0) is 23.5 Å². The highest BCUT2D eigenvalue weighted by Crippen LogP contribution is 2.52. The van der Waals surface area contributed by atoms with Crippen LogP contribution in [0.3, 0.4) is 0 Å². The van der Waals surface area contributed by atoms with Crippen molar-refractivity contribution in [3.8, 4) is 0 Å². The summed E-state index contributed by atoms with van der Waals surface area (Å²) in [6.45, 7) is 4.63. The predicted octanol–water partition coefficient (Wildman–Crippen LogP) is 3.51. The van der Waals surface area contributed by atoms with E-state index >= 15 is 0 Å². The molecule has 1 aromatic rings. The zero-order valence-corrected chi connectivity index (χ0v) is 11.0. The Morgan fingerprint density at radius 1 is 1.17 bits per heavy atom. The molecule has 0 spiro atoms. The molecule has 1 aromatic carbocycles. The zero-order valence-electron chi connectivity index (χ0n) is 11.0. The molecular formula is C15H21F2N. The monoisotopic (exact) mass is 253 g/mol. The molecule has 0 aromatic heterocycles. The van der Waals surface area contributed by atoms with Gasteiger partial charge >= 0.3 is 0 Å². The highest BCUT2D eigenvalue weighted by Gasteiger charge is 2.56. The van der Waals surface area contributed by atoms with Crippen LogP contribution in [0.1, 0.15) is 37.8 Å². The lowest BCUT2D eigenvalue weighted by Gasteiger charge is -2.47. The topological polar surface area (TPSA) is 26.0 Å². The van der Waals surface area contributed by atoms with Crippen LogP contribution in [0.2, 0.25) is 0 Å². The molecule has 0 bridgehead atoms. The lowest BCUT2D eigenvalue weighted by molar-refractivity contribution is -0.123. The fraction of sp³-hybridized carbons (Fsp3) is 0.600. The standard InChI is InChI=1S/C15H21F2N/c1-11(2)7-12-3-5-13(6-4-12)14(10-18)8-15(16,17)9-14/h3-6,11H,7-10,18H2,1-2H3. The SMILES string of the molecule is CC(C)Cc1ccc(C2(CN)CC(F)(F)C2)cc1. The Kier molecular flexibility index (Phi) is 3.45. The van der Waals surface area contributed by atoms with Crippen LogP contribution < -0.4 is 5.73 Å². The molecule has 0 saturated heterocycles. The van der Waals surface area contributed by atoms with Gasteiger partial charge in [0.15, 0.2) is 0 Å². The minimum Gasteiger partial charge on any atom is -0.330 e. The Morgan fingerprint density at radius 2 is 1.72 bits per heavy atom. The molecular weight excluding hydrogens is 232 g/mol. The third-order valence-corrected chi connectivity index (χ3v) is 3.80. The molecule has 0 unspecified atom stereocenters. The van der Waals surface area contributed by atoms with E-state index in [0.29, 0.717) is 12.5 Å². The summed E-state index contributed by atoms with van der Waals surface area (Å²) in [5.74, 6) is -1.93. The minimum atomic E-state index is -2.53. The molecule has 1 aliphatic carbocycles. The first-order valence-electron chi connectivity index (χ1n) is 6.54. The predicted molar refractivity (Wildman–Crippen MR) is 69.9 cm³/mol. The van der Waals surface area contributed by atoms with Gasteiger partial charge in [-0.2, -0.15) is 0 Å². The van der Waals surface area contributed by atoms with Crippen molar-refractivity contribution in [1.82, 2.24) is 0 Å². The summed E-state index contributed by atoms with van der Waals surface area (Å²) in [6, 6.07) is 8.03. The van der Waals surface area contributed by atoms with E-state index in [0.717, 1.165) is 12.0 Å².